The fourth-order valence-electron chi connectivity index (χ4n) is 3.53. The Labute approximate surface area is 162 Å². The molecule has 1 amide bonds. The highest BCUT2D eigenvalue weighted by Crippen LogP contribution is 2.32. The summed E-state index contributed by atoms with van der Waals surface area (Å²) in [7, 11) is 0. The van der Waals surface area contributed by atoms with E-state index in [0.29, 0.717) is 31.9 Å². The minimum atomic E-state index is -0.212. The molecule has 0 radical (unpaired) electrons. The van der Waals surface area contributed by atoms with Crippen LogP contribution in [-0.4, -0.2) is 41.6 Å². The van der Waals surface area contributed by atoms with Crippen LogP contribution in [0.4, 0.5) is 10.1 Å². The SMILES string of the molecule is Cc1sc(-n2cccc2)c(C(=O)N2CCN(c3ccccc3F)CC2)c1C. The maximum absolute atomic E-state index is 14.0. The quantitative estimate of drug-likeness (QED) is 0.676. The average Bonchev–Trinajstić information content (AvgIpc) is 3.31. The number of thiophene rings is 1. The van der Waals surface area contributed by atoms with Gasteiger partial charge >= 0.3 is 0 Å². The number of hydrogen-bond acceptors (Lipinski definition) is 3. The monoisotopic (exact) mass is 383 g/mol. The fraction of sp³-hybridized carbons (Fsp3) is 0.286. The molecule has 3 aromatic rings. The number of benzene rings is 1. The number of rotatable bonds is 3. The van der Waals surface area contributed by atoms with Crippen molar-refractivity contribution in [1.29, 1.82) is 0 Å². The third-order valence-electron chi connectivity index (χ3n) is 5.18. The van der Waals surface area contributed by atoms with Gasteiger partial charge in [0.05, 0.1) is 11.3 Å². The Kier molecular flexibility index (Phi) is 4.74. The van der Waals surface area contributed by atoms with Crippen LogP contribution in [0.5, 0.6) is 0 Å². The van der Waals surface area contributed by atoms with E-state index >= 15 is 0 Å². The highest BCUT2D eigenvalue weighted by atomic mass is 32.1. The lowest BCUT2D eigenvalue weighted by atomic mass is 10.1. The second-order valence-electron chi connectivity index (χ2n) is 6.78. The highest BCUT2D eigenvalue weighted by Gasteiger charge is 2.28. The Balaban J connectivity index is 1.55. The molecule has 1 fully saturated rings. The van der Waals surface area contributed by atoms with Gasteiger partial charge in [0, 0.05) is 43.4 Å². The Bertz CT molecular complexity index is 956. The summed E-state index contributed by atoms with van der Waals surface area (Å²) in [6.07, 6.45) is 3.94. The van der Waals surface area contributed by atoms with Crippen molar-refractivity contribution in [3.63, 3.8) is 0 Å². The molecule has 2 aromatic heterocycles. The first kappa shape index (κ1) is 17.8. The molecule has 4 rings (SSSR count). The topological polar surface area (TPSA) is 28.5 Å². The summed E-state index contributed by atoms with van der Waals surface area (Å²) in [5.41, 5.74) is 2.44. The molecule has 1 saturated heterocycles. The van der Waals surface area contributed by atoms with Gasteiger partial charge in [-0.25, -0.2) is 4.39 Å². The van der Waals surface area contributed by atoms with E-state index in [1.54, 1.807) is 23.5 Å². The second-order valence-corrected chi connectivity index (χ2v) is 7.99. The van der Waals surface area contributed by atoms with Crippen molar-refractivity contribution in [1.82, 2.24) is 9.47 Å². The Morgan fingerprint density at radius 1 is 1.00 bits per heavy atom. The van der Waals surface area contributed by atoms with Crippen molar-refractivity contribution in [2.75, 3.05) is 31.1 Å². The number of carbonyl (C=O) groups excluding carboxylic acids is 1. The van der Waals surface area contributed by atoms with Crippen LogP contribution in [0.3, 0.4) is 0 Å². The van der Waals surface area contributed by atoms with E-state index in [1.165, 1.54) is 6.07 Å². The number of aryl methyl sites for hydroxylation is 1. The summed E-state index contributed by atoms with van der Waals surface area (Å²) < 4.78 is 16.0. The van der Waals surface area contributed by atoms with E-state index in [0.717, 1.165) is 21.0 Å². The standard InChI is InChI=1S/C21H22FN3OS/c1-15-16(2)27-21(25-9-5-6-10-25)19(15)20(26)24-13-11-23(12-14-24)18-8-4-3-7-17(18)22/h3-10H,11-14H2,1-2H3. The molecule has 0 atom stereocenters. The van der Waals surface area contributed by atoms with Crippen LogP contribution >= 0.6 is 11.3 Å². The minimum Gasteiger partial charge on any atom is -0.366 e. The summed E-state index contributed by atoms with van der Waals surface area (Å²) in [4.78, 5) is 18.3. The van der Waals surface area contributed by atoms with Crippen LogP contribution in [0.25, 0.3) is 5.00 Å². The zero-order valence-corrected chi connectivity index (χ0v) is 16.3. The molecule has 1 aromatic carbocycles. The molecule has 6 heteroatoms. The number of hydrogen-bond donors (Lipinski definition) is 0. The average molecular weight is 383 g/mol. The van der Waals surface area contributed by atoms with Gasteiger partial charge < -0.3 is 14.4 Å². The molecule has 4 nitrogen and oxygen atoms in total. The first-order valence-corrected chi connectivity index (χ1v) is 9.90. The third kappa shape index (κ3) is 3.25. The van der Waals surface area contributed by atoms with Crippen LogP contribution in [0.15, 0.2) is 48.8 Å². The predicted molar refractivity (Wildman–Crippen MR) is 108 cm³/mol. The molecule has 0 spiro atoms. The first-order chi connectivity index (χ1) is 13.1. The maximum atomic E-state index is 14.0. The summed E-state index contributed by atoms with van der Waals surface area (Å²) in [6.45, 7) is 6.52. The van der Waals surface area contributed by atoms with Crippen molar-refractivity contribution in [2.24, 2.45) is 0 Å². The van der Waals surface area contributed by atoms with E-state index in [2.05, 4.69) is 6.92 Å². The zero-order chi connectivity index (χ0) is 19.0. The summed E-state index contributed by atoms with van der Waals surface area (Å²) >= 11 is 1.65. The molecular weight excluding hydrogens is 361 g/mol. The number of nitrogens with zero attached hydrogens (tertiary/aromatic N) is 3. The van der Waals surface area contributed by atoms with E-state index < -0.39 is 0 Å². The Morgan fingerprint density at radius 2 is 1.67 bits per heavy atom. The Morgan fingerprint density at radius 3 is 2.33 bits per heavy atom. The number of para-hydroxylation sites is 1. The Hall–Kier alpha value is -2.60. The zero-order valence-electron chi connectivity index (χ0n) is 15.5. The molecule has 140 valence electrons. The van der Waals surface area contributed by atoms with Crippen LogP contribution in [0, 0.1) is 19.7 Å². The molecule has 1 aliphatic rings. The molecule has 27 heavy (non-hydrogen) atoms. The summed E-state index contributed by atoms with van der Waals surface area (Å²) in [5, 5.41) is 0.969. The largest absolute Gasteiger partial charge is 0.366 e. The second kappa shape index (κ2) is 7.19. The molecule has 0 bridgehead atoms. The third-order valence-corrected chi connectivity index (χ3v) is 6.40. The highest BCUT2D eigenvalue weighted by molar-refractivity contribution is 7.15. The van der Waals surface area contributed by atoms with Gasteiger partial charge in [0.25, 0.3) is 5.91 Å². The molecule has 0 aliphatic carbocycles. The number of anilines is 1. The van der Waals surface area contributed by atoms with Gasteiger partial charge in [-0.3, -0.25) is 4.79 Å². The van der Waals surface area contributed by atoms with E-state index in [1.807, 2.05) is 51.9 Å². The molecule has 3 heterocycles. The minimum absolute atomic E-state index is 0.0636. The number of halogens is 1. The van der Waals surface area contributed by atoms with Crippen molar-refractivity contribution in [2.45, 2.75) is 13.8 Å². The number of aromatic nitrogens is 1. The van der Waals surface area contributed by atoms with Crippen LogP contribution < -0.4 is 4.90 Å². The van der Waals surface area contributed by atoms with Crippen LogP contribution in [0.1, 0.15) is 20.8 Å². The lowest BCUT2D eigenvalue weighted by Gasteiger charge is -2.36. The summed E-state index contributed by atoms with van der Waals surface area (Å²) in [6, 6.07) is 10.7. The van der Waals surface area contributed by atoms with Gasteiger partial charge in [-0.1, -0.05) is 12.1 Å². The molecule has 0 saturated carbocycles. The lowest BCUT2D eigenvalue weighted by molar-refractivity contribution is 0.0746. The van der Waals surface area contributed by atoms with Gasteiger partial charge in [0.2, 0.25) is 0 Å². The van der Waals surface area contributed by atoms with Gasteiger partial charge in [0.1, 0.15) is 10.8 Å². The van der Waals surface area contributed by atoms with Gasteiger partial charge in [-0.15, -0.1) is 11.3 Å². The van der Waals surface area contributed by atoms with Crippen LogP contribution in [-0.2, 0) is 0 Å². The van der Waals surface area contributed by atoms with E-state index in [9.17, 15) is 9.18 Å². The van der Waals surface area contributed by atoms with Crippen molar-refractivity contribution < 1.29 is 9.18 Å². The number of piperazine rings is 1. The molecule has 1 aliphatic heterocycles. The molecule has 0 unspecified atom stereocenters. The molecular formula is C21H22FN3OS. The first-order valence-electron chi connectivity index (χ1n) is 9.08. The molecule has 0 N–H and O–H groups in total. The number of amides is 1. The predicted octanol–water partition coefficient (Wildman–Crippen LogP) is 4.26. The van der Waals surface area contributed by atoms with Crippen LogP contribution in [0.2, 0.25) is 0 Å². The van der Waals surface area contributed by atoms with Gasteiger partial charge in [-0.05, 0) is 43.7 Å². The number of carbonyl (C=O) groups is 1. The van der Waals surface area contributed by atoms with Crippen molar-refractivity contribution in [3.8, 4) is 5.00 Å². The van der Waals surface area contributed by atoms with Crippen molar-refractivity contribution >= 4 is 22.9 Å². The van der Waals surface area contributed by atoms with E-state index in [4.69, 9.17) is 0 Å². The lowest BCUT2D eigenvalue weighted by Crippen LogP contribution is -2.49. The van der Waals surface area contributed by atoms with Gasteiger partial charge in [0.15, 0.2) is 0 Å². The summed E-state index contributed by atoms with van der Waals surface area (Å²) in [5.74, 6) is -0.148. The normalized spacial score (nSPS) is 14.6. The van der Waals surface area contributed by atoms with E-state index in [-0.39, 0.29) is 11.7 Å². The van der Waals surface area contributed by atoms with Crippen molar-refractivity contribution in [3.05, 3.63) is 70.6 Å². The smallest absolute Gasteiger partial charge is 0.257 e. The maximum Gasteiger partial charge on any atom is 0.257 e. The van der Waals surface area contributed by atoms with Gasteiger partial charge in [-0.2, -0.15) is 0 Å². The fourth-order valence-corrected chi connectivity index (χ4v) is 4.64.